The first-order valence-corrected chi connectivity index (χ1v) is 10.1. The number of hydroxylamine groups is 1. The predicted molar refractivity (Wildman–Crippen MR) is 98.3 cm³/mol. The highest BCUT2D eigenvalue weighted by Crippen LogP contribution is 2.38. The van der Waals surface area contributed by atoms with Gasteiger partial charge in [0.1, 0.15) is 6.29 Å². The zero-order valence-corrected chi connectivity index (χ0v) is 17.3. The molecule has 0 bridgehead atoms. The van der Waals surface area contributed by atoms with Crippen LogP contribution in [0, 0.1) is 5.41 Å². The minimum absolute atomic E-state index is 0.128. The van der Waals surface area contributed by atoms with Gasteiger partial charge in [-0.2, -0.15) is 13.9 Å². The van der Waals surface area contributed by atoms with E-state index < -0.39 is 50.0 Å². The van der Waals surface area contributed by atoms with E-state index in [0.717, 1.165) is 17.1 Å². The Labute approximate surface area is 168 Å². The van der Waals surface area contributed by atoms with Gasteiger partial charge < -0.3 is 9.63 Å². The van der Waals surface area contributed by atoms with Crippen molar-refractivity contribution >= 4 is 40.1 Å². The second-order valence-corrected chi connectivity index (χ2v) is 9.37. The number of aldehydes is 1. The molecule has 0 spiro atoms. The van der Waals surface area contributed by atoms with Gasteiger partial charge in [-0.25, -0.2) is 4.79 Å². The number of hydrogen-bond donors (Lipinski definition) is 2. The first-order valence-electron chi connectivity index (χ1n) is 8.59. The molecular weight excluding hydrogens is 408 g/mol. The molecule has 1 rings (SSSR count). The lowest BCUT2D eigenvalue weighted by atomic mass is 9.76. The summed E-state index contributed by atoms with van der Waals surface area (Å²) >= 11 is 0. The van der Waals surface area contributed by atoms with E-state index in [4.69, 9.17) is 0 Å². The van der Waals surface area contributed by atoms with Gasteiger partial charge in [-0.05, 0) is 25.7 Å². The number of imide groups is 1. The van der Waals surface area contributed by atoms with Gasteiger partial charge in [-0.1, -0.05) is 13.8 Å². The first kappa shape index (κ1) is 24.4. The molecule has 1 atom stereocenters. The molecule has 1 heterocycles. The Morgan fingerprint density at radius 1 is 1.21 bits per heavy atom. The minimum atomic E-state index is -5.00. The Hall–Kier alpha value is -2.60. The SMILES string of the molecule is CC(C)(CC(C)(C)N1C(=O)C=CC1=O)C(C(=O)ONC(=O)CCC=O)S(=O)(=O)O. The second-order valence-electron chi connectivity index (χ2n) is 7.87. The van der Waals surface area contributed by atoms with Gasteiger partial charge in [0.2, 0.25) is 0 Å². The Morgan fingerprint density at radius 2 is 1.72 bits per heavy atom. The van der Waals surface area contributed by atoms with Crippen LogP contribution >= 0.6 is 0 Å². The van der Waals surface area contributed by atoms with Crippen molar-refractivity contribution in [2.75, 3.05) is 0 Å². The highest BCUT2D eigenvalue weighted by molar-refractivity contribution is 7.87. The molecule has 0 radical (unpaired) electrons. The normalized spacial score (nSPS) is 16.0. The Morgan fingerprint density at radius 3 is 2.17 bits per heavy atom. The number of amides is 3. The van der Waals surface area contributed by atoms with Gasteiger partial charge in [0.25, 0.3) is 27.8 Å². The summed E-state index contributed by atoms with van der Waals surface area (Å²) in [4.78, 5) is 63.4. The van der Waals surface area contributed by atoms with E-state index in [-0.39, 0.29) is 19.3 Å². The molecule has 0 aromatic carbocycles. The van der Waals surface area contributed by atoms with Gasteiger partial charge in [-0.3, -0.25) is 23.8 Å². The van der Waals surface area contributed by atoms with Crippen LogP contribution in [0.4, 0.5) is 0 Å². The summed E-state index contributed by atoms with van der Waals surface area (Å²) in [5, 5.41) is -2.12. The molecule has 1 aliphatic rings. The van der Waals surface area contributed by atoms with E-state index >= 15 is 0 Å². The van der Waals surface area contributed by atoms with Crippen LogP contribution in [0.15, 0.2) is 12.2 Å². The fourth-order valence-electron chi connectivity index (χ4n) is 3.53. The molecule has 162 valence electrons. The molecule has 2 N–H and O–H groups in total. The van der Waals surface area contributed by atoms with Crippen molar-refractivity contribution in [3.8, 4) is 0 Å². The van der Waals surface area contributed by atoms with Crippen LogP contribution in [-0.4, -0.2) is 58.6 Å². The van der Waals surface area contributed by atoms with Crippen molar-refractivity contribution in [2.24, 2.45) is 5.41 Å². The molecule has 29 heavy (non-hydrogen) atoms. The molecule has 11 nitrogen and oxygen atoms in total. The summed E-state index contributed by atoms with van der Waals surface area (Å²) in [5.74, 6) is -3.48. The van der Waals surface area contributed by atoms with Crippen molar-refractivity contribution in [1.29, 1.82) is 0 Å². The summed E-state index contributed by atoms with van der Waals surface area (Å²) in [7, 11) is -5.00. The zero-order valence-electron chi connectivity index (χ0n) is 16.5. The number of nitrogens with one attached hydrogen (secondary N) is 1. The third-order valence-corrected chi connectivity index (χ3v) is 5.71. The van der Waals surface area contributed by atoms with Crippen molar-refractivity contribution in [1.82, 2.24) is 10.4 Å². The van der Waals surface area contributed by atoms with Crippen LogP contribution in [-0.2, 0) is 38.9 Å². The second kappa shape index (κ2) is 8.82. The maximum Gasteiger partial charge on any atom is 0.353 e. The lowest BCUT2D eigenvalue weighted by molar-refractivity contribution is -0.160. The highest BCUT2D eigenvalue weighted by atomic mass is 32.2. The van der Waals surface area contributed by atoms with Gasteiger partial charge in [-0.15, -0.1) is 0 Å². The van der Waals surface area contributed by atoms with Gasteiger partial charge in [0, 0.05) is 30.5 Å². The molecule has 0 aromatic rings. The van der Waals surface area contributed by atoms with Crippen LogP contribution in [0.2, 0.25) is 0 Å². The monoisotopic (exact) mass is 432 g/mol. The van der Waals surface area contributed by atoms with E-state index in [9.17, 15) is 36.9 Å². The molecule has 1 unspecified atom stereocenters. The van der Waals surface area contributed by atoms with E-state index in [0.29, 0.717) is 6.29 Å². The highest BCUT2D eigenvalue weighted by Gasteiger charge is 2.51. The third-order valence-electron chi connectivity index (χ3n) is 4.28. The summed E-state index contributed by atoms with van der Waals surface area (Å²) in [6.07, 6.45) is 2.01. The number of carbonyl (C=O) groups is 5. The number of carbonyl (C=O) groups excluding carboxylic acids is 5. The summed E-state index contributed by atoms with van der Waals surface area (Å²) < 4.78 is 33.4. The molecule has 0 fully saturated rings. The van der Waals surface area contributed by atoms with E-state index in [1.54, 1.807) is 5.48 Å². The van der Waals surface area contributed by atoms with Crippen molar-refractivity contribution in [2.45, 2.75) is 57.7 Å². The number of rotatable bonds is 9. The minimum Gasteiger partial charge on any atom is -0.339 e. The Kier molecular flexibility index (Phi) is 7.43. The average Bonchev–Trinajstić information content (AvgIpc) is 2.87. The maximum absolute atomic E-state index is 12.3. The van der Waals surface area contributed by atoms with Crippen LogP contribution in [0.25, 0.3) is 0 Å². The van der Waals surface area contributed by atoms with Crippen LogP contribution in [0.5, 0.6) is 0 Å². The van der Waals surface area contributed by atoms with Crippen LogP contribution in [0.3, 0.4) is 0 Å². The fraction of sp³-hybridized carbons (Fsp3) is 0.588. The molecule has 1 aliphatic heterocycles. The molecule has 0 saturated carbocycles. The zero-order chi connectivity index (χ0) is 22.6. The van der Waals surface area contributed by atoms with E-state index in [2.05, 4.69) is 4.84 Å². The number of nitrogens with zero attached hydrogens (tertiary/aromatic N) is 1. The quantitative estimate of drug-likeness (QED) is 0.219. The molecular formula is C17H24N2O9S. The van der Waals surface area contributed by atoms with Gasteiger partial charge in [0.05, 0.1) is 0 Å². The van der Waals surface area contributed by atoms with E-state index in [1.807, 2.05) is 0 Å². The summed E-state index contributed by atoms with van der Waals surface area (Å²) in [6.45, 7) is 5.68. The summed E-state index contributed by atoms with van der Waals surface area (Å²) in [6, 6.07) is 0. The lowest BCUT2D eigenvalue weighted by Crippen LogP contribution is -2.54. The van der Waals surface area contributed by atoms with Crippen LogP contribution in [0.1, 0.15) is 47.0 Å². The Bertz CT molecular complexity index is 825. The van der Waals surface area contributed by atoms with E-state index in [1.165, 1.54) is 27.7 Å². The lowest BCUT2D eigenvalue weighted by Gasteiger charge is -2.41. The first-order chi connectivity index (χ1) is 13.1. The Balaban J connectivity index is 3.05. The fourth-order valence-corrected chi connectivity index (χ4v) is 4.71. The molecule has 12 heteroatoms. The molecule has 0 aromatic heterocycles. The third kappa shape index (κ3) is 6.19. The van der Waals surface area contributed by atoms with Crippen LogP contribution < -0.4 is 5.48 Å². The van der Waals surface area contributed by atoms with Gasteiger partial charge >= 0.3 is 5.97 Å². The number of hydrogen-bond acceptors (Lipinski definition) is 8. The van der Waals surface area contributed by atoms with Gasteiger partial charge in [0.15, 0.2) is 5.25 Å². The molecule has 0 aliphatic carbocycles. The standard InChI is InChI=1S/C17H24N2O9S/c1-16(2,10-17(3,4)19-12(22)7-8-13(19)23)14(29(25,26)27)15(24)28-18-11(21)6-5-9-20/h7-9,14H,5-6,10H2,1-4H3,(H,18,21)(H,25,26,27). The average molecular weight is 432 g/mol. The maximum atomic E-state index is 12.3. The molecule has 0 saturated heterocycles. The van der Waals surface area contributed by atoms with Crippen molar-refractivity contribution in [3.05, 3.63) is 12.2 Å². The summed E-state index contributed by atoms with van der Waals surface area (Å²) in [5.41, 5.74) is -1.01. The molecule has 3 amide bonds. The smallest absolute Gasteiger partial charge is 0.339 e. The van der Waals surface area contributed by atoms with Crippen molar-refractivity contribution in [3.63, 3.8) is 0 Å². The van der Waals surface area contributed by atoms with Crippen molar-refractivity contribution < 1.29 is 41.8 Å². The largest absolute Gasteiger partial charge is 0.353 e. The predicted octanol–water partition coefficient (Wildman–Crippen LogP) is -0.0838. The topological polar surface area (TPSA) is 164 Å².